The maximum absolute atomic E-state index is 14.2. The van der Waals surface area contributed by atoms with E-state index in [4.69, 9.17) is 16.3 Å². The first kappa shape index (κ1) is 32.1. The third-order valence-electron chi connectivity index (χ3n) is 7.78. The number of hydrogen-bond donors (Lipinski definition) is 1. The molecule has 0 radical (unpaired) electrons. The van der Waals surface area contributed by atoms with Crippen LogP contribution in [0.3, 0.4) is 0 Å². The zero-order valence-electron chi connectivity index (χ0n) is 23.3. The van der Waals surface area contributed by atoms with Gasteiger partial charge in [-0.05, 0) is 81.1 Å². The van der Waals surface area contributed by atoms with E-state index in [9.17, 15) is 18.0 Å². The Morgan fingerprint density at radius 1 is 1.02 bits per heavy atom. The highest BCUT2D eigenvalue weighted by atomic mass is 35.5. The Morgan fingerprint density at radius 2 is 1.69 bits per heavy atom. The van der Waals surface area contributed by atoms with Crippen LogP contribution in [-0.2, 0) is 12.7 Å². The molecule has 4 aromatic rings. The third kappa shape index (κ3) is 6.88. The van der Waals surface area contributed by atoms with E-state index in [0.717, 1.165) is 59.0 Å². The first-order chi connectivity index (χ1) is 19.7. The van der Waals surface area contributed by atoms with E-state index < -0.39 is 11.7 Å². The number of rotatable bonds is 8. The van der Waals surface area contributed by atoms with Gasteiger partial charge in [0.05, 0.1) is 17.2 Å². The maximum Gasteiger partial charge on any atom is 0.416 e. The van der Waals surface area contributed by atoms with Crippen LogP contribution in [0.5, 0.6) is 5.75 Å². The fourth-order valence-corrected chi connectivity index (χ4v) is 7.01. The normalized spacial score (nSPS) is 17.1. The molecule has 0 atom stereocenters. The number of ether oxygens (including phenoxy) is 1. The van der Waals surface area contributed by atoms with Crippen molar-refractivity contribution in [1.82, 2.24) is 10.2 Å². The third-order valence-corrected chi connectivity index (χ3v) is 9.45. The van der Waals surface area contributed by atoms with Crippen LogP contribution in [0.4, 0.5) is 13.2 Å². The van der Waals surface area contributed by atoms with Gasteiger partial charge < -0.3 is 15.0 Å². The summed E-state index contributed by atoms with van der Waals surface area (Å²) >= 11 is 8.16. The standard InChI is InChI=1S/C32H32ClF3N2O2S.ClH/c1-3-40-27-17-10-21(20-8-11-23(12-9-20)32(34,35)36)18-22(27)19-38(25-15-13-24(37-2)14-16-25)31(39)30-29(33)26-6-4-5-7-28(26)41-30;/h4-12,17-18,24-25,37H,3,13-16,19H2,1-2H3;1H. The van der Waals surface area contributed by atoms with Crippen LogP contribution >= 0.6 is 35.3 Å². The molecule has 0 aliphatic heterocycles. The Labute approximate surface area is 259 Å². The minimum atomic E-state index is -4.40. The number of nitrogens with zero attached hydrogens (tertiary/aromatic N) is 1. The molecule has 1 aliphatic rings. The summed E-state index contributed by atoms with van der Waals surface area (Å²) in [5.41, 5.74) is 1.51. The first-order valence-electron chi connectivity index (χ1n) is 13.8. The van der Waals surface area contributed by atoms with Crippen LogP contribution in [-0.4, -0.2) is 36.5 Å². The van der Waals surface area contributed by atoms with E-state index >= 15 is 0 Å². The van der Waals surface area contributed by atoms with Gasteiger partial charge in [0.2, 0.25) is 0 Å². The predicted octanol–water partition coefficient (Wildman–Crippen LogP) is 9.23. The Balaban J connectivity index is 0.00000405. The fraction of sp³-hybridized carbons (Fsp3) is 0.344. The Kier molecular flexibility index (Phi) is 10.5. The molecule has 224 valence electrons. The molecule has 0 saturated heterocycles. The SMILES string of the molecule is CCOc1ccc(-c2ccc(C(F)(F)F)cc2)cc1CN(C(=O)c1sc2ccccc2c1Cl)C1CCC(NC)CC1.Cl. The summed E-state index contributed by atoms with van der Waals surface area (Å²) in [7, 11) is 1.96. The Morgan fingerprint density at radius 3 is 2.31 bits per heavy atom. The average molecular weight is 638 g/mol. The molecule has 1 N–H and O–H groups in total. The van der Waals surface area contributed by atoms with Crippen molar-refractivity contribution in [2.45, 2.75) is 57.4 Å². The Bertz CT molecular complexity index is 1520. The summed E-state index contributed by atoms with van der Waals surface area (Å²) < 4.78 is 46.3. The van der Waals surface area contributed by atoms with Gasteiger partial charge in [-0.15, -0.1) is 23.7 Å². The second-order valence-corrected chi connectivity index (χ2v) is 11.7. The summed E-state index contributed by atoms with van der Waals surface area (Å²) in [5, 5.41) is 4.68. The number of amides is 1. The molecular formula is C32H33Cl2F3N2O2S. The van der Waals surface area contributed by atoms with Crippen molar-refractivity contribution in [2.24, 2.45) is 0 Å². The van der Waals surface area contributed by atoms with Crippen molar-refractivity contribution in [3.63, 3.8) is 0 Å². The number of hydrogen-bond acceptors (Lipinski definition) is 4. The van der Waals surface area contributed by atoms with Crippen LogP contribution in [0.25, 0.3) is 21.2 Å². The summed E-state index contributed by atoms with van der Waals surface area (Å²) in [6.45, 7) is 2.63. The zero-order valence-corrected chi connectivity index (χ0v) is 25.7. The lowest BCUT2D eigenvalue weighted by molar-refractivity contribution is -0.137. The zero-order chi connectivity index (χ0) is 29.1. The smallest absolute Gasteiger partial charge is 0.416 e. The number of nitrogens with one attached hydrogen (secondary N) is 1. The fourth-order valence-electron chi connectivity index (χ4n) is 5.54. The highest BCUT2D eigenvalue weighted by Gasteiger charge is 2.33. The van der Waals surface area contributed by atoms with E-state index in [1.807, 2.05) is 61.3 Å². The highest BCUT2D eigenvalue weighted by molar-refractivity contribution is 7.21. The average Bonchev–Trinajstić information content (AvgIpc) is 3.32. The molecule has 4 nitrogen and oxygen atoms in total. The van der Waals surface area contributed by atoms with Gasteiger partial charge in [-0.1, -0.05) is 48.0 Å². The maximum atomic E-state index is 14.2. The van der Waals surface area contributed by atoms with Gasteiger partial charge in [-0.3, -0.25) is 4.79 Å². The molecule has 1 heterocycles. The molecule has 3 aromatic carbocycles. The van der Waals surface area contributed by atoms with Crippen LogP contribution in [0.15, 0.2) is 66.7 Å². The van der Waals surface area contributed by atoms with E-state index in [-0.39, 0.29) is 24.4 Å². The minimum Gasteiger partial charge on any atom is -0.494 e. The first-order valence-corrected chi connectivity index (χ1v) is 15.0. The van der Waals surface area contributed by atoms with E-state index in [2.05, 4.69) is 5.32 Å². The lowest BCUT2D eigenvalue weighted by Gasteiger charge is -2.37. The summed E-state index contributed by atoms with van der Waals surface area (Å²) in [6, 6.07) is 18.9. The lowest BCUT2D eigenvalue weighted by atomic mass is 9.89. The van der Waals surface area contributed by atoms with Gasteiger partial charge in [0.15, 0.2) is 0 Å². The minimum absolute atomic E-state index is 0. The topological polar surface area (TPSA) is 41.6 Å². The van der Waals surface area contributed by atoms with Gasteiger partial charge >= 0.3 is 6.18 Å². The molecule has 1 aliphatic carbocycles. The van der Waals surface area contributed by atoms with Crippen molar-refractivity contribution in [1.29, 1.82) is 0 Å². The van der Waals surface area contributed by atoms with Gasteiger partial charge in [-0.2, -0.15) is 13.2 Å². The molecule has 1 saturated carbocycles. The van der Waals surface area contributed by atoms with Crippen molar-refractivity contribution < 1.29 is 22.7 Å². The molecule has 5 rings (SSSR count). The number of benzene rings is 3. The van der Waals surface area contributed by atoms with Crippen LogP contribution in [0.2, 0.25) is 5.02 Å². The van der Waals surface area contributed by atoms with Crippen LogP contribution in [0.1, 0.15) is 53.4 Å². The van der Waals surface area contributed by atoms with E-state index in [1.54, 1.807) is 0 Å². The van der Waals surface area contributed by atoms with Gasteiger partial charge in [0.1, 0.15) is 10.6 Å². The lowest BCUT2D eigenvalue weighted by Crippen LogP contribution is -2.44. The van der Waals surface area contributed by atoms with Gasteiger partial charge in [-0.25, -0.2) is 0 Å². The summed E-state index contributed by atoms with van der Waals surface area (Å²) in [6.07, 6.45) is -0.793. The van der Waals surface area contributed by atoms with Crippen molar-refractivity contribution in [2.75, 3.05) is 13.7 Å². The number of carbonyl (C=O) groups is 1. The molecule has 10 heteroatoms. The van der Waals surface area contributed by atoms with E-state index in [0.29, 0.717) is 40.4 Å². The molecule has 0 spiro atoms. The predicted molar refractivity (Wildman–Crippen MR) is 167 cm³/mol. The number of fused-ring (bicyclic) bond motifs is 1. The van der Waals surface area contributed by atoms with E-state index in [1.165, 1.54) is 23.5 Å². The largest absolute Gasteiger partial charge is 0.494 e. The van der Waals surface area contributed by atoms with Gasteiger partial charge in [0.25, 0.3) is 5.91 Å². The number of carbonyl (C=O) groups excluding carboxylic acids is 1. The quantitative estimate of drug-likeness (QED) is 0.210. The molecule has 1 fully saturated rings. The number of halogens is 5. The van der Waals surface area contributed by atoms with Crippen molar-refractivity contribution in [3.05, 3.63) is 87.8 Å². The molecule has 0 unspecified atom stereocenters. The highest BCUT2D eigenvalue weighted by Crippen LogP contribution is 2.39. The summed E-state index contributed by atoms with van der Waals surface area (Å²) in [5.74, 6) is 0.527. The molecule has 0 bridgehead atoms. The number of thiophene rings is 1. The van der Waals surface area contributed by atoms with Crippen LogP contribution in [0, 0.1) is 0 Å². The van der Waals surface area contributed by atoms with Crippen molar-refractivity contribution >= 4 is 51.3 Å². The molecular weight excluding hydrogens is 604 g/mol. The molecule has 42 heavy (non-hydrogen) atoms. The summed E-state index contributed by atoms with van der Waals surface area (Å²) in [4.78, 5) is 16.7. The van der Waals surface area contributed by atoms with Crippen LogP contribution < -0.4 is 10.1 Å². The monoisotopic (exact) mass is 636 g/mol. The molecule has 1 aromatic heterocycles. The second kappa shape index (κ2) is 13.7. The van der Waals surface area contributed by atoms with Crippen molar-refractivity contribution in [3.8, 4) is 16.9 Å². The number of alkyl halides is 3. The molecule has 1 amide bonds. The van der Waals surface area contributed by atoms with Gasteiger partial charge in [0, 0.05) is 34.3 Å². The Hall–Kier alpha value is -2.78. The second-order valence-electron chi connectivity index (χ2n) is 10.3.